The molecule has 168 valence electrons. The molecule has 0 aliphatic rings. The van der Waals surface area contributed by atoms with E-state index in [1.165, 1.54) is 12.4 Å². The van der Waals surface area contributed by atoms with Crippen LogP contribution in [-0.2, 0) is 17.8 Å². The number of methoxy groups -OCH3 is 2. The summed E-state index contributed by atoms with van der Waals surface area (Å²) in [6.07, 6.45) is 4.08. The molecule has 3 aromatic rings. The molecule has 1 amide bonds. The fourth-order valence-corrected chi connectivity index (χ4v) is 3.74. The molecule has 1 aromatic heterocycles. The highest BCUT2D eigenvalue weighted by molar-refractivity contribution is 6.39. The third-order valence-electron chi connectivity index (χ3n) is 4.81. The van der Waals surface area contributed by atoms with Crippen molar-refractivity contribution in [3.63, 3.8) is 0 Å². The fourth-order valence-electron chi connectivity index (χ4n) is 3.28. The molecule has 0 aliphatic heterocycles. The second-order valence-corrected chi connectivity index (χ2v) is 7.72. The van der Waals surface area contributed by atoms with Gasteiger partial charge in [-0.05, 0) is 30.5 Å². The van der Waals surface area contributed by atoms with Crippen molar-refractivity contribution in [2.75, 3.05) is 26.1 Å². The Morgan fingerprint density at radius 2 is 1.72 bits per heavy atom. The number of halogens is 2. The van der Waals surface area contributed by atoms with Crippen LogP contribution in [0.4, 0.5) is 5.69 Å². The fraction of sp³-hybridized carbons (Fsp3) is 0.250. The molecule has 2 aromatic carbocycles. The van der Waals surface area contributed by atoms with E-state index in [-0.39, 0.29) is 16.0 Å². The summed E-state index contributed by atoms with van der Waals surface area (Å²) in [6, 6.07) is 13.3. The molecule has 3 rings (SSSR count). The Labute approximate surface area is 197 Å². The van der Waals surface area contributed by atoms with Gasteiger partial charge in [-0.15, -0.1) is 0 Å². The van der Waals surface area contributed by atoms with Crippen LogP contribution in [-0.4, -0.2) is 31.7 Å². The summed E-state index contributed by atoms with van der Waals surface area (Å²) in [6.45, 7) is 1.06. The molecule has 0 unspecified atom stereocenters. The van der Waals surface area contributed by atoms with Crippen LogP contribution in [0.1, 0.15) is 27.9 Å². The van der Waals surface area contributed by atoms with Gasteiger partial charge in [0.1, 0.15) is 0 Å². The van der Waals surface area contributed by atoms with Gasteiger partial charge in [-0.2, -0.15) is 0 Å². The van der Waals surface area contributed by atoms with Crippen molar-refractivity contribution in [3.8, 4) is 11.5 Å². The lowest BCUT2D eigenvalue weighted by atomic mass is 10.00. The van der Waals surface area contributed by atoms with E-state index in [0.29, 0.717) is 54.4 Å². The molecular formula is C24H24Cl2N2O4. The van der Waals surface area contributed by atoms with E-state index in [1.54, 1.807) is 26.4 Å². The molecule has 0 spiro atoms. The minimum Gasteiger partial charge on any atom is -0.493 e. The number of hydrogen-bond donors (Lipinski definition) is 1. The van der Waals surface area contributed by atoms with Gasteiger partial charge in [0.15, 0.2) is 11.5 Å². The number of anilines is 1. The number of hydrogen-bond acceptors (Lipinski definition) is 5. The molecule has 0 aliphatic carbocycles. The quantitative estimate of drug-likeness (QED) is 0.375. The summed E-state index contributed by atoms with van der Waals surface area (Å²) in [4.78, 5) is 17.0. The van der Waals surface area contributed by atoms with E-state index in [0.717, 1.165) is 5.56 Å². The van der Waals surface area contributed by atoms with Crippen molar-refractivity contribution in [2.24, 2.45) is 0 Å². The lowest BCUT2D eigenvalue weighted by Crippen LogP contribution is -2.16. The largest absolute Gasteiger partial charge is 0.493 e. The number of ether oxygens (including phenoxy) is 3. The minimum atomic E-state index is -0.360. The van der Waals surface area contributed by atoms with Crippen molar-refractivity contribution in [1.29, 1.82) is 0 Å². The molecule has 8 heteroatoms. The van der Waals surface area contributed by atoms with Gasteiger partial charge in [-0.25, -0.2) is 0 Å². The lowest BCUT2D eigenvalue weighted by molar-refractivity contribution is 0.102. The Kier molecular flexibility index (Phi) is 8.73. The predicted molar refractivity (Wildman–Crippen MR) is 126 cm³/mol. The van der Waals surface area contributed by atoms with Crippen LogP contribution in [0.5, 0.6) is 11.5 Å². The molecule has 0 saturated carbocycles. The van der Waals surface area contributed by atoms with Crippen LogP contribution in [0.15, 0.2) is 54.9 Å². The van der Waals surface area contributed by atoms with Crippen LogP contribution in [0.2, 0.25) is 10.0 Å². The number of nitrogens with zero attached hydrogens (tertiary/aromatic N) is 1. The van der Waals surface area contributed by atoms with Crippen molar-refractivity contribution < 1.29 is 19.0 Å². The monoisotopic (exact) mass is 474 g/mol. The normalized spacial score (nSPS) is 10.6. The first-order chi connectivity index (χ1) is 15.5. The second kappa shape index (κ2) is 11.7. The molecule has 6 nitrogen and oxygen atoms in total. The Bertz CT molecular complexity index is 1040. The van der Waals surface area contributed by atoms with Crippen molar-refractivity contribution >= 4 is 34.8 Å². The van der Waals surface area contributed by atoms with E-state index in [1.807, 2.05) is 30.3 Å². The summed E-state index contributed by atoms with van der Waals surface area (Å²) >= 11 is 12.3. The number of pyridine rings is 1. The van der Waals surface area contributed by atoms with Gasteiger partial charge in [0.2, 0.25) is 0 Å². The topological polar surface area (TPSA) is 69.7 Å². The van der Waals surface area contributed by atoms with E-state index in [4.69, 9.17) is 37.4 Å². The first-order valence-corrected chi connectivity index (χ1v) is 10.8. The molecule has 0 atom stereocenters. The van der Waals surface area contributed by atoms with Crippen LogP contribution in [0.3, 0.4) is 0 Å². The Morgan fingerprint density at radius 1 is 1.00 bits per heavy atom. The van der Waals surface area contributed by atoms with Crippen LogP contribution in [0.25, 0.3) is 0 Å². The van der Waals surface area contributed by atoms with E-state index >= 15 is 0 Å². The van der Waals surface area contributed by atoms with Gasteiger partial charge in [0.25, 0.3) is 5.91 Å². The Morgan fingerprint density at radius 3 is 2.38 bits per heavy atom. The lowest BCUT2D eigenvalue weighted by Gasteiger charge is -2.17. The number of carbonyl (C=O) groups excluding carboxylic acids is 1. The SMILES string of the molecule is COc1ccc(C(=O)Nc2c(Cl)cncc2Cl)c(CCCOCc2ccccc2)c1OC. The average Bonchev–Trinajstić information content (AvgIpc) is 2.81. The van der Waals surface area contributed by atoms with E-state index in [2.05, 4.69) is 10.3 Å². The molecule has 0 radical (unpaired) electrons. The molecule has 1 heterocycles. The number of aromatic nitrogens is 1. The maximum atomic E-state index is 13.1. The van der Waals surface area contributed by atoms with Crippen LogP contribution in [0, 0.1) is 0 Å². The van der Waals surface area contributed by atoms with Gasteiger partial charge < -0.3 is 19.5 Å². The summed E-state index contributed by atoms with van der Waals surface area (Å²) in [5.74, 6) is 0.695. The summed E-state index contributed by atoms with van der Waals surface area (Å²) in [5.41, 5.74) is 2.57. The van der Waals surface area contributed by atoms with Gasteiger partial charge >= 0.3 is 0 Å². The summed E-state index contributed by atoms with van der Waals surface area (Å²) in [7, 11) is 3.10. The first kappa shape index (κ1) is 23.9. The number of benzene rings is 2. The smallest absolute Gasteiger partial charge is 0.256 e. The maximum absolute atomic E-state index is 13.1. The van der Waals surface area contributed by atoms with Gasteiger partial charge in [-0.3, -0.25) is 9.78 Å². The highest BCUT2D eigenvalue weighted by atomic mass is 35.5. The van der Waals surface area contributed by atoms with Crippen molar-refractivity contribution in [2.45, 2.75) is 19.4 Å². The highest BCUT2D eigenvalue weighted by Gasteiger charge is 2.21. The molecule has 1 N–H and O–H groups in total. The van der Waals surface area contributed by atoms with Crippen molar-refractivity contribution in [3.05, 3.63) is 81.6 Å². The third-order valence-corrected chi connectivity index (χ3v) is 5.39. The van der Waals surface area contributed by atoms with E-state index < -0.39 is 0 Å². The molecule has 0 bridgehead atoms. The van der Waals surface area contributed by atoms with Crippen molar-refractivity contribution in [1.82, 2.24) is 4.98 Å². The minimum absolute atomic E-state index is 0.252. The average molecular weight is 475 g/mol. The van der Waals surface area contributed by atoms with Crippen LogP contribution < -0.4 is 14.8 Å². The van der Waals surface area contributed by atoms with Gasteiger partial charge in [0, 0.05) is 30.1 Å². The molecule has 32 heavy (non-hydrogen) atoms. The summed E-state index contributed by atoms with van der Waals surface area (Å²) in [5, 5.41) is 3.28. The number of nitrogens with one attached hydrogen (secondary N) is 1. The van der Waals surface area contributed by atoms with Crippen LogP contribution >= 0.6 is 23.2 Å². The zero-order valence-corrected chi connectivity index (χ0v) is 19.4. The molecular weight excluding hydrogens is 451 g/mol. The Hall–Kier alpha value is -2.80. The highest BCUT2D eigenvalue weighted by Crippen LogP contribution is 2.36. The van der Waals surface area contributed by atoms with Gasteiger partial charge in [-0.1, -0.05) is 53.5 Å². The standard InChI is InChI=1S/C24H24Cl2N2O4/c1-30-21-11-10-18(24(29)28-22-19(25)13-27-14-20(22)26)17(23(21)31-2)9-6-12-32-15-16-7-4-3-5-8-16/h3-5,7-8,10-11,13-14H,6,9,12,15H2,1-2H3,(H,27,28,29). The van der Waals surface area contributed by atoms with Gasteiger partial charge in [0.05, 0.1) is 36.6 Å². The molecule has 0 saturated heterocycles. The number of amides is 1. The maximum Gasteiger partial charge on any atom is 0.256 e. The Balaban J connectivity index is 1.76. The number of rotatable bonds is 10. The zero-order valence-electron chi connectivity index (χ0n) is 17.9. The second-order valence-electron chi connectivity index (χ2n) is 6.90. The summed E-state index contributed by atoms with van der Waals surface area (Å²) < 4.78 is 16.8. The first-order valence-electron chi connectivity index (χ1n) is 10.0. The third kappa shape index (κ3) is 5.91. The predicted octanol–water partition coefficient (Wildman–Crippen LogP) is 5.81. The van der Waals surface area contributed by atoms with E-state index in [9.17, 15) is 4.79 Å². The number of carbonyl (C=O) groups is 1. The molecule has 0 fully saturated rings. The zero-order chi connectivity index (χ0) is 22.9.